The molecule has 2 rings (SSSR count). The topological polar surface area (TPSA) is 75.7 Å². The molecule has 24 heavy (non-hydrogen) atoms. The maximum absolute atomic E-state index is 12.6. The van der Waals surface area contributed by atoms with E-state index in [2.05, 4.69) is 5.32 Å². The van der Waals surface area contributed by atoms with E-state index < -0.39 is 21.7 Å². The Labute approximate surface area is 144 Å². The van der Waals surface area contributed by atoms with Crippen molar-refractivity contribution in [2.45, 2.75) is 57.1 Å². The Balaban J connectivity index is 1.96. The van der Waals surface area contributed by atoms with Crippen LogP contribution in [0.4, 0.5) is 4.79 Å². The van der Waals surface area contributed by atoms with Crippen molar-refractivity contribution in [1.29, 1.82) is 0 Å². The second-order valence-corrected chi connectivity index (χ2v) is 8.90. The van der Waals surface area contributed by atoms with Gasteiger partial charge < -0.3 is 10.1 Å². The molecular weight excluding hydrogens is 328 g/mol. The zero-order valence-corrected chi connectivity index (χ0v) is 15.4. The first kappa shape index (κ1) is 18.7. The second kappa shape index (κ2) is 7.53. The largest absolute Gasteiger partial charge is 0.444 e. The molecule has 1 aromatic carbocycles. The van der Waals surface area contributed by atoms with Gasteiger partial charge in [0.05, 0.1) is 4.90 Å². The molecule has 1 aliphatic heterocycles. The average Bonchev–Trinajstić information content (AvgIpc) is 2.52. The number of nitrogens with zero attached hydrogens (tertiary/aromatic N) is 1. The van der Waals surface area contributed by atoms with E-state index in [1.54, 1.807) is 49.3 Å². The van der Waals surface area contributed by atoms with Gasteiger partial charge in [-0.25, -0.2) is 13.2 Å². The van der Waals surface area contributed by atoms with Gasteiger partial charge in [-0.3, -0.25) is 0 Å². The van der Waals surface area contributed by atoms with Crippen LogP contribution in [0.2, 0.25) is 0 Å². The highest BCUT2D eigenvalue weighted by atomic mass is 32.2. The van der Waals surface area contributed by atoms with Crippen molar-refractivity contribution in [3.63, 3.8) is 0 Å². The minimum absolute atomic E-state index is 0.291. The number of carbonyl (C=O) groups is 1. The number of benzene rings is 1. The molecule has 6 nitrogen and oxygen atoms in total. The number of sulfonamides is 1. The summed E-state index contributed by atoms with van der Waals surface area (Å²) in [6.45, 7) is 6.86. The van der Waals surface area contributed by atoms with Crippen LogP contribution in [0.25, 0.3) is 0 Å². The smallest absolute Gasteiger partial charge is 0.407 e. The summed E-state index contributed by atoms with van der Waals surface area (Å²) < 4.78 is 31.8. The molecule has 0 aromatic heterocycles. The summed E-state index contributed by atoms with van der Waals surface area (Å²) in [5.41, 5.74) is 0.273. The number of ether oxygens (including phenoxy) is 1. The van der Waals surface area contributed by atoms with Crippen molar-refractivity contribution in [3.8, 4) is 0 Å². The average molecular weight is 354 g/mol. The Morgan fingerprint density at radius 2 is 1.71 bits per heavy atom. The van der Waals surface area contributed by atoms with E-state index in [1.165, 1.54) is 0 Å². The number of alkyl carbamates (subject to hydrolysis) is 1. The molecule has 1 fully saturated rings. The molecule has 0 unspecified atom stereocenters. The fraction of sp³-hybridized carbons (Fsp3) is 0.588. The van der Waals surface area contributed by atoms with Gasteiger partial charge in [0.2, 0.25) is 10.0 Å². The Bertz CT molecular complexity index is 657. The maximum atomic E-state index is 12.6. The third-order valence-electron chi connectivity index (χ3n) is 3.71. The van der Waals surface area contributed by atoms with Crippen molar-refractivity contribution in [2.75, 3.05) is 13.1 Å². The number of rotatable bonds is 4. The SMILES string of the molecule is CC(C)(C)OC(=O)NCc1ccc(S(=O)(=O)N2CCCCC2)cc1. The maximum Gasteiger partial charge on any atom is 0.407 e. The van der Waals surface area contributed by atoms with Gasteiger partial charge in [0.1, 0.15) is 5.60 Å². The first-order valence-electron chi connectivity index (χ1n) is 8.24. The fourth-order valence-electron chi connectivity index (χ4n) is 2.52. The first-order valence-corrected chi connectivity index (χ1v) is 9.68. The Morgan fingerprint density at radius 3 is 2.25 bits per heavy atom. The quantitative estimate of drug-likeness (QED) is 0.902. The summed E-state index contributed by atoms with van der Waals surface area (Å²) in [6.07, 6.45) is 2.42. The number of hydrogen-bond acceptors (Lipinski definition) is 4. The minimum atomic E-state index is -3.41. The van der Waals surface area contributed by atoms with Crippen LogP contribution in [-0.4, -0.2) is 37.5 Å². The van der Waals surface area contributed by atoms with Gasteiger partial charge in [-0.2, -0.15) is 4.31 Å². The lowest BCUT2D eigenvalue weighted by atomic mass is 10.2. The summed E-state index contributed by atoms with van der Waals surface area (Å²) in [6, 6.07) is 6.62. The van der Waals surface area contributed by atoms with E-state index in [1.807, 2.05) is 0 Å². The van der Waals surface area contributed by atoms with Crippen LogP contribution in [0.1, 0.15) is 45.6 Å². The van der Waals surface area contributed by atoms with Crippen LogP contribution in [0.5, 0.6) is 0 Å². The molecule has 1 heterocycles. The summed E-state index contributed by atoms with van der Waals surface area (Å²) >= 11 is 0. The predicted molar refractivity (Wildman–Crippen MR) is 92.1 cm³/mol. The predicted octanol–water partition coefficient (Wildman–Crippen LogP) is 2.89. The van der Waals surface area contributed by atoms with Crippen molar-refractivity contribution >= 4 is 16.1 Å². The van der Waals surface area contributed by atoms with Crippen molar-refractivity contribution in [2.24, 2.45) is 0 Å². The number of piperidine rings is 1. The zero-order chi connectivity index (χ0) is 17.8. The molecule has 0 saturated carbocycles. The Morgan fingerprint density at radius 1 is 1.12 bits per heavy atom. The Kier molecular flexibility index (Phi) is 5.87. The van der Waals surface area contributed by atoms with E-state index in [0.29, 0.717) is 24.5 Å². The van der Waals surface area contributed by atoms with E-state index >= 15 is 0 Å². The van der Waals surface area contributed by atoms with Crippen LogP contribution in [0.15, 0.2) is 29.2 Å². The molecule has 1 aliphatic rings. The first-order chi connectivity index (χ1) is 11.2. The molecule has 1 N–H and O–H groups in total. The van der Waals surface area contributed by atoms with Gasteiger partial charge in [0.25, 0.3) is 0 Å². The highest BCUT2D eigenvalue weighted by Crippen LogP contribution is 2.20. The molecule has 1 amide bonds. The van der Waals surface area contributed by atoms with Crippen LogP contribution in [0, 0.1) is 0 Å². The molecule has 0 atom stereocenters. The van der Waals surface area contributed by atoms with Crippen LogP contribution < -0.4 is 5.32 Å². The summed E-state index contributed by atoms with van der Waals surface area (Å²) in [7, 11) is -3.41. The lowest BCUT2D eigenvalue weighted by Gasteiger charge is -2.25. The van der Waals surface area contributed by atoms with Gasteiger partial charge in [-0.1, -0.05) is 18.6 Å². The van der Waals surface area contributed by atoms with Crippen molar-refractivity contribution in [3.05, 3.63) is 29.8 Å². The Hall–Kier alpha value is -1.60. The summed E-state index contributed by atoms with van der Waals surface area (Å²) in [4.78, 5) is 11.9. The third-order valence-corrected chi connectivity index (χ3v) is 5.62. The number of nitrogens with one attached hydrogen (secondary N) is 1. The fourth-order valence-corrected chi connectivity index (χ4v) is 4.04. The van der Waals surface area contributed by atoms with E-state index in [-0.39, 0.29) is 0 Å². The third kappa shape index (κ3) is 5.21. The molecule has 1 saturated heterocycles. The van der Waals surface area contributed by atoms with E-state index in [9.17, 15) is 13.2 Å². The highest BCUT2D eigenvalue weighted by molar-refractivity contribution is 7.89. The molecule has 134 valence electrons. The molecule has 7 heteroatoms. The minimum Gasteiger partial charge on any atom is -0.444 e. The van der Waals surface area contributed by atoms with Gasteiger partial charge in [0.15, 0.2) is 0 Å². The van der Waals surface area contributed by atoms with Crippen LogP contribution in [0.3, 0.4) is 0 Å². The van der Waals surface area contributed by atoms with Crippen LogP contribution >= 0.6 is 0 Å². The highest BCUT2D eigenvalue weighted by Gasteiger charge is 2.25. The second-order valence-electron chi connectivity index (χ2n) is 6.96. The van der Waals surface area contributed by atoms with Gasteiger partial charge in [-0.05, 0) is 51.3 Å². The molecule has 1 aromatic rings. The number of carbonyl (C=O) groups excluding carboxylic acids is 1. The summed E-state index contributed by atoms with van der Waals surface area (Å²) in [5.74, 6) is 0. The molecule has 0 bridgehead atoms. The standard InChI is InChI=1S/C17H26N2O4S/c1-17(2,3)23-16(20)18-13-14-7-9-15(10-8-14)24(21,22)19-11-5-4-6-12-19/h7-10H,4-6,11-13H2,1-3H3,(H,18,20). The number of amides is 1. The van der Waals surface area contributed by atoms with E-state index in [0.717, 1.165) is 24.8 Å². The monoisotopic (exact) mass is 354 g/mol. The van der Waals surface area contributed by atoms with Crippen LogP contribution in [-0.2, 0) is 21.3 Å². The van der Waals surface area contributed by atoms with Crippen molar-refractivity contribution in [1.82, 2.24) is 9.62 Å². The normalized spacial score (nSPS) is 16.6. The lowest BCUT2D eigenvalue weighted by molar-refractivity contribution is 0.0523. The molecule has 0 spiro atoms. The van der Waals surface area contributed by atoms with Gasteiger partial charge in [0, 0.05) is 19.6 Å². The number of hydrogen-bond donors (Lipinski definition) is 1. The van der Waals surface area contributed by atoms with Gasteiger partial charge in [-0.15, -0.1) is 0 Å². The summed E-state index contributed by atoms with van der Waals surface area (Å²) in [5, 5.41) is 2.66. The zero-order valence-electron chi connectivity index (χ0n) is 14.5. The molecule has 0 aliphatic carbocycles. The van der Waals surface area contributed by atoms with E-state index in [4.69, 9.17) is 4.74 Å². The lowest BCUT2D eigenvalue weighted by Crippen LogP contribution is -2.35. The van der Waals surface area contributed by atoms with Gasteiger partial charge >= 0.3 is 6.09 Å². The molecular formula is C17H26N2O4S. The molecule has 0 radical (unpaired) electrons. The van der Waals surface area contributed by atoms with Crippen molar-refractivity contribution < 1.29 is 17.9 Å².